The Morgan fingerprint density at radius 2 is 2.00 bits per heavy atom. The van der Waals surface area contributed by atoms with E-state index in [4.69, 9.17) is 0 Å². The van der Waals surface area contributed by atoms with Crippen molar-refractivity contribution in [2.24, 2.45) is 0 Å². The molecular weight excluding hydrogens is 276 g/mol. The predicted molar refractivity (Wildman–Crippen MR) is 77.5 cm³/mol. The molecule has 7 heteroatoms. The molecule has 0 fully saturated rings. The monoisotopic (exact) mass is 292 g/mol. The van der Waals surface area contributed by atoms with Crippen LogP contribution >= 0.6 is 0 Å². The smallest absolute Gasteiger partial charge is 0.268 e. The minimum atomic E-state index is -3.59. The summed E-state index contributed by atoms with van der Waals surface area (Å²) in [5, 5.41) is 9.93. The first-order chi connectivity index (χ1) is 9.51. The number of rotatable bonds is 2. The summed E-state index contributed by atoms with van der Waals surface area (Å²) in [6, 6.07) is 7.41. The van der Waals surface area contributed by atoms with E-state index in [1.165, 1.54) is 4.31 Å². The van der Waals surface area contributed by atoms with E-state index in [0.29, 0.717) is 30.2 Å². The number of aryl methyl sites for hydroxylation is 2. The topological polar surface area (TPSA) is 78.1 Å². The van der Waals surface area contributed by atoms with Gasteiger partial charge in [0.25, 0.3) is 10.0 Å². The van der Waals surface area contributed by atoms with Gasteiger partial charge in [-0.3, -0.25) is 9.40 Å². The van der Waals surface area contributed by atoms with Crippen molar-refractivity contribution in [2.45, 2.75) is 18.7 Å². The number of aromatic amines is 1. The van der Waals surface area contributed by atoms with Crippen LogP contribution in [-0.2, 0) is 10.0 Å². The van der Waals surface area contributed by atoms with Crippen LogP contribution in [0.1, 0.15) is 11.4 Å². The maximum atomic E-state index is 12.9. The molecule has 0 aliphatic carbocycles. The number of hydrogen-bond acceptors (Lipinski definition) is 4. The molecule has 0 bridgehead atoms. The maximum Gasteiger partial charge on any atom is 0.268 e. The number of para-hydroxylation sites is 2. The Hall–Kier alpha value is -2.02. The first-order valence-electron chi connectivity index (χ1n) is 6.39. The van der Waals surface area contributed by atoms with Gasteiger partial charge in [-0.15, -0.1) is 0 Å². The molecule has 1 aromatic heterocycles. The fraction of sp³-hybridized carbons (Fsp3) is 0.308. The highest BCUT2D eigenvalue weighted by atomic mass is 32.2. The van der Waals surface area contributed by atoms with E-state index in [2.05, 4.69) is 15.5 Å². The predicted octanol–water partition coefficient (Wildman–Crippen LogP) is 1.65. The molecule has 1 aliphatic rings. The van der Waals surface area contributed by atoms with E-state index < -0.39 is 10.0 Å². The van der Waals surface area contributed by atoms with Crippen LogP contribution in [0.4, 0.5) is 11.4 Å². The number of H-pyrrole nitrogens is 1. The largest absolute Gasteiger partial charge is 0.382 e. The first-order valence-corrected chi connectivity index (χ1v) is 7.83. The van der Waals surface area contributed by atoms with Crippen LogP contribution in [-0.4, -0.2) is 31.7 Å². The first kappa shape index (κ1) is 13.0. The lowest BCUT2D eigenvalue weighted by atomic mass is 10.2. The Balaban J connectivity index is 2.15. The number of sulfonamides is 1. The Morgan fingerprint density at radius 3 is 2.70 bits per heavy atom. The summed E-state index contributed by atoms with van der Waals surface area (Å²) in [6.45, 7) is 4.42. The van der Waals surface area contributed by atoms with Gasteiger partial charge in [0.1, 0.15) is 4.90 Å². The second-order valence-electron chi connectivity index (χ2n) is 4.78. The van der Waals surface area contributed by atoms with E-state index in [-0.39, 0.29) is 4.90 Å². The number of nitrogens with one attached hydrogen (secondary N) is 2. The summed E-state index contributed by atoms with van der Waals surface area (Å²) in [5.74, 6) is 0. The van der Waals surface area contributed by atoms with Crippen LogP contribution in [0, 0.1) is 13.8 Å². The zero-order valence-corrected chi connectivity index (χ0v) is 12.2. The zero-order chi connectivity index (χ0) is 14.3. The van der Waals surface area contributed by atoms with E-state index >= 15 is 0 Å². The van der Waals surface area contributed by atoms with Crippen LogP contribution in [0.15, 0.2) is 29.2 Å². The summed E-state index contributed by atoms with van der Waals surface area (Å²) in [7, 11) is -3.59. The van der Waals surface area contributed by atoms with E-state index in [1.807, 2.05) is 24.3 Å². The lowest BCUT2D eigenvalue weighted by molar-refractivity contribution is 0.589. The molecule has 0 radical (unpaired) electrons. The van der Waals surface area contributed by atoms with Crippen molar-refractivity contribution < 1.29 is 8.42 Å². The highest BCUT2D eigenvalue weighted by Crippen LogP contribution is 2.34. The van der Waals surface area contributed by atoms with Crippen LogP contribution < -0.4 is 9.62 Å². The molecule has 20 heavy (non-hydrogen) atoms. The highest BCUT2D eigenvalue weighted by molar-refractivity contribution is 7.93. The molecule has 2 N–H and O–H groups in total. The number of benzene rings is 1. The Labute approximate surface area is 117 Å². The fourth-order valence-electron chi connectivity index (χ4n) is 2.53. The summed E-state index contributed by atoms with van der Waals surface area (Å²) in [4.78, 5) is 0.272. The van der Waals surface area contributed by atoms with Crippen molar-refractivity contribution in [3.05, 3.63) is 35.7 Å². The summed E-state index contributed by atoms with van der Waals surface area (Å²) < 4.78 is 27.2. The molecule has 0 amide bonds. The van der Waals surface area contributed by atoms with Gasteiger partial charge < -0.3 is 5.32 Å². The van der Waals surface area contributed by atoms with Crippen LogP contribution in [0.5, 0.6) is 0 Å². The number of hydrogen-bond donors (Lipinski definition) is 2. The van der Waals surface area contributed by atoms with Crippen molar-refractivity contribution >= 4 is 21.4 Å². The molecule has 3 rings (SSSR count). The summed E-state index contributed by atoms with van der Waals surface area (Å²) >= 11 is 0. The minimum Gasteiger partial charge on any atom is -0.382 e. The lowest BCUT2D eigenvalue weighted by Crippen LogP contribution is -2.39. The van der Waals surface area contributed by atoms with Crippen molar-refractivity contribution in [3.8, 4) is 0 Å². The molecule has 0 saturated carbocycles. The molecule has 106 valence electrons. The van der Waals surface area contributed by atoms with E-state index in [1.54, 1.807) is 13.8 Å². The second-order valence-corrected chi connectivity index (χ2v) is 6.58. The van der Waals surface area contributed by atoms with Gasteiger partial charge in [0.05, 0.1) is 29.3 Å². The van der Waals surface area contributed by atoms with Gasteiger partial charge in [0, 0.05) is 6.54 Å². The minimum absolute atomic E-state index is 0.272. The second kappa shape index (κ2) is 4.52. The number of fused-ring (bicyclic) bond motifs is 1. The lowest BCUT2D eigenvalue weighted by Gasteiger charge is -2.31. The number of nitrogens with zero attached hydrogens (tertiary/aromatic N) is 2. The Kier molecular flexibility index (Phi) is 2.93. The molecule has 6 nitrogen and oxygen atoms in total. The van der Waals surface area contributed by atoms with Crippen LogP contribution in [0.2, 0.25) is 0 Å². The van der Waals surface area contributed by atoms with Gasteiger partial charge in [-0.2, -0.15) is 5.10 Å². The zero-order valence-electron chi connectivity index (χ0n) is 11.3. The third-order valence-corrected chi connectivity index (χ3v) is 5.49. The maximum absolute atomic E-state index is 12.9. The van der Waals surface area contributed by atoms with Crippen molar-refractivity contribution in [1.82, 2.24) is 10.2 Å². The standard InChI is InChI=1S/C13H16N4O2S/c1-9-13(10(2)16-15-9)20(18,19)17-8-7-14-11-5-3-4-6-12(11)17/h3-6,14H,7-8H2,1-2H3,(H,15,16). The Bertz CT molecular complexity index is 732. The van der Waals surface area contributed by atoms with Crippen molar-refractivity contribution in [3.63, 3.8) is 0 Å². The fourth-order valence-corrected chi connectivity index (χ4v) is 4.36. The molecule has 0 atom stereocenters. The molecule has 2 heterocycles. The van der Waals surface area contributed by atoms with E-state index in [0.717, 1.165) is 5.69 Å². The molecule has 1 aromatic carbocycles. The van der Waals surface area contributed by atoms with Gasteiger partial charge in [-0.1, -0.05) is 12.1 Å². The van der Waals surface area contributed by atoms with Gasteiger partial charge in [-0.25, -0.2) is 8.42 Å². The summed E-state index contributed by atoms with van der Waals surface area (Å²) in [5.41, 5.74) is 2.58. The van der Waals surface area contributed by atoms with Crippen LogP contribution in [0.25, 0.3) is 0 Å². The molecule has 0 saturated heterocycles. The molecule has 2 aromatic rings. The third-order valence-electron chi connectivity index (χ3n) is 3.41. The Morgan fingerprint density at radius 1 is 1.25 bits per heavy atom. The average Bonchev–Trinajstić information content (AvgIpc) is 2.78. The van der Waals surface area contributed by atoms with Crippen LogP contribution in [0.3, 0.4) is 0 Å². The van der Waals surface area contributed by atoms with Gasteiger partial charge in [-0.05, 0) is 26.0 Å². The average molecular weight is 292 g/mol. The number of anilines is 2. The quantitative estimate of drug-likeness (QED) is 0.882. The van der Waals surface area contributed by atoms with Crippen molar-refractivity contribution in [1.29, 1.82) is 0 Å². The molecule has 0 unspecified atom stereocenters. The molecule has 0 spiro atoms. The van der Waals surface area contributed by atoms with Gasteiger partial charge in [0.2, 0.25) is 0 Å². The van der Waals surface area contributed by atoms with Crippen molar-refractivity contribution in [2.75, 3.05) is 22.7 Å². The number of aromatic nitrogens is 2. The highest BCUT2D eigenvalue weighted by Gasteiger charge is 2.32. The normalized spacial score (nSPS) is 14.8. The third kappa shape index (κ3) is 1.85. The summed E-state index contributed by atoms with van der Waals surface area (Å²) in [6.07, 6.45) is 0. The molecule has 1 aliphatic heterocycles. The van der Waals surface area contributed by atoms with Gasteiger partial charge >= 0.3 is 0 Å². The SMILES string of the molecule is Cc1n[nH]c(C)c1S(=O)(=O)N1CCNc2ccccc21. The molecular formula is C13H16N4O2S. The van der Waals surface area contributed by atoms with E-state index in [9.17, 15) is 8.42 Å². The van der Waals surface area contributed by atoms with Gasteiger partial charge in [0.15, 0.2) is 0 Å².